The molecule has 0 radical (unpaired) electrons. The summed E-state index contributed by atoms with van der Waals surface area (Å²) >= 11 is 0. The summed E-state index contributed by atoms with van der Waals surface area (Å²) in [4.78, 5) is 6.49. The van der Waals surface area contributed by atoms with E-state index in [0.29, 0.717) is 11.6 Å². The molecule has 1 aromatic rings. The number of anilines is 2. The third-order valence-electron chi connectivity index (χ3n) is 3.26. The van der Waals surface area contributed by atoms with Crippen LogP contribution in [0.15, 0.2) is 18.3 Å². The number of aliphatic hydroxyl groups excluding tert-OH is 1. The predicted molar refractivity (Wildman–Crippen MR) is 65.3 cm³/mol. The third kappa shape index (κ3) is 2.27. The van der Waals surface area contributed by atoms with Crippen LogP contribution in [0.25, 0.3) is 0 Å². The highest BCUT2D eigenvalue weighted by molar-refractivity contribution is 5.62. The van der Waals surface area contributed by atoms with Crippen LogP contribution in [0.4, 0.5) is 11.5 Å². The van der Waals surface area contributed by atoms with Gasteiger partial charge in [0.15, 0.2) is 5.82 Å². The number of piperidine rings is 1. The Morgan fingerprint density at radius 1 is 1.62 bits per heavy atom. The van der Waals surface area contributed by atoms with E-state index >= 15 is 0 Å². The van der Waals surface area contributed by atoms with E-state index < -0.39 is 0 Å². The maximum atomic E-state index is 9.63. The molecule has 1 aromatic heterocycles. The molecule has 1 saturated heterocycles. The minimum atomic E-state index is -0.257. The summed E-state index contributed by atoms with van der Waals surface area (Å²) in [5, 5.41) is 9.63. The summed E-state index contributed by atoms with van der Waals surface area (Å²) in [5.41, 5.74) is 6.62. The fraction of sp³-hybridized carbons (Fsp3) is 0.583. The van der Waals surface area contributed by atoms with Gasteiger partial charge in [0.1, 0.15) is 0 Å². The lowest BCUT2D eigenvalue weighted by atomic mass is 9.93. The van der Waals surface area contributed by atoms with Crippen molar-refractivity contribution in [3.63, 3.8) is 0 Å². The number of hydrogen-bond donors (Lipinski definition) is 2. The van der Waals surface area contributed by atoms with Crippen LogP contribution in [0, 0.1) is 5.92 Å². The Morgan fingerprint density at radius 3 is 3.12 bits per heavy atom. The van der Waals surface area contributed by atoms with Gasteiger partial charge in [-0.15, -0.1) is 0 Å². The highest BCUT2D eigenvalue weighted by Gasteiger charge is 2.24. The molecule has 3 N–H and O–H groups in total. The number of aliphatic hydroxyl groups is 1. The fourth-order valence-electron chi connectivity index (χ4n) is 2.27. The van der Waals surface area contributed by atoms with Crippen molar-refractivity contribution in [2.45, 2.75) is 25.9 Å². The monoisotopic (exact) mass is 221 g/mol. The van der Waals surface area contributed by atoms with E-state index in [1.807, 2.05) is 19.1 Å². The minimum Gasteiger partial charge on any atom is -0.396 e. The molecule has 0 spiro atoms. The molecule has 2 heterocycles. The molecule has 0 saturated carbocycles. The molecule has 0 bridgehead atoms. The summed E-state index contributed by atoms with van der Waals surface area (Å²) in [7, 11) is 0. The van der Waals surface area contributed by atoms with Crippen LogP contribution in [0.2, 0.25) is 0 Å². The van der Waals surface area contributed by atoms with Gasteiger partial charge in [0, 0.05) is 25.2 Å². The number of nitrogens with zero attached hydrogens (tertiary/aromatic N) is 2. The molecule has 1 aliphatic heterocycles. The zero-order valence-electron chi connectivity index (χ0n) is 9.63. The quantitative estimate of drug-likeness (QED) is 0.789. The molecule has 0 aliphatic carbocycles. The van der Waals surface area contributed by atoms with Gasteiger partial charge in [0.2, 0.25) is 0 Å². The van der Waals surface area contributed by atoms with Crippen LogP contribution in [-0.2, 0) is 0 Å². The van der Waals surface area contributed by atoms with Crippen molar-refractivity contribution in [1.82, 2.24) is 4.98 Å². The Balaban J connectivity index is 2.13. The normalized spacial score (nSPS) is 23.1. The SMILES string of the molecule is CC(O)C1CCCN(c2ncccc2N)C1. The van der Waals surface area contributed by atoms with E-state index in [4.69, 9.17) is 5.73 Å². The van der Waals surface area contributed by atoms with E-state index in [2.05, 4.69) is 9.88 Å². The van der Waals surface area contributed by atoms with Crippen LogP contribution < -0.4 is 10.6 Å². The first-order chi connectivity index (χ1) is 7.68. The third-order valence-corrected chi connectivity index (χ3v) is 3.26. The molecule has 2 unspecified atom stereocenters. The molecule has 4 nitrogen and oxygen atoms in total. The van der Waals surface area contributed by atoms with Gasteiger partial charge in [-0.3, -0.25) is 0 Å². The van der Waals surface area contributed by atoms with Gasteiger partial charge >= 0.3 is 0 Å². The zero-order chi connectivity index (χ0) is 11.5. The van der Waals surface area contributed by atoms with Crippen molar-refractivity contribution in [3.05, 3.63) is 18.3 Å². The molecule has 88 valence electrons. The van der Waals surface area contributed by atoms with Crippen molar-refractivity contribution < 1.29 is 5.11 Å². The molecule has 0 amide bonds. The first-order valence-corrected chi connectivity index (χ1v) is 5.82. The molecular formula is C12H19N3O. The smallest absolute Gasteiger partial charge is 0.151 e. The van der Waals surface area contributed by atoms with Crippen LogP contribution in [0.3, 0.4) is 0 Å². The van der Waals surface area contributed by atoms with E-state index in [1.165, 1.54) is 0 Å². The van der Waals surface area contributed by atoms with Gasteiger partial charge in [0.25, 0.3) is 0 Å². The largest absolute Gasteiger partial charge is 0.396 e. The number of hydrogen-bond acceptors (Lipinski definition) is 4. The summed E-state index contributed by atoms with van der Waals surface area (Å²) in [6.45, 7) is 3.68. The van der Waals surface area contributed by atoms with Gasteiger partial charge in [0.05, 0.1) is 11.8 Å². The lowest BCUT2D eigenvalue weighted by molar-refractivity contribution is 0.115. The van der Waals surface area contributed by atoms with Crippen molar-refractivity contribution in [2.75, 3.05) is 23.7 Å². The van der Waals surface area contributed by atoms with Gasteiger partial charge in [-0.2, -0.15) is 0 Å². The first-order valence-electron chi connectivity index (χ1n) is 5.82. The second-order valence-electron chi connectivity index (χ2n) is 4.51. The minimum absolute atomic E-state index is 0.257. The van der Waals surface area contributed by atoms with Gasteiger partial charge in [-0.1, -0.05) is 0 Å². The lowest BCUT2D eigenvalue weighted by Crippen LogP contribution is -2.40. The Kier molecular flexibility index (Phi) is 3.29. The first kappa shape index (κ1) is 11.2. The highest BCUT2D eigenvalue weighted by Crippen LogP contribution is 2.26. The molecular weight excluding hydrogens is 202 g/mol. The second kappa shape index (κ2) is 4.70. The summed E-state index contributed by atoms with van der Waals surface area (Å²) in [5.74, 6) is 1.18. The number of nitrogen functional groups attached to an aromatic ring is 1. The van der Waals surface area contributed by atoms with Gasteiger partial charge < -0.3 is 15.7 Å². The van der Waals surface area contributed by atoms with Crippen molar-refractivity contribution in [1.29, 1.82) is 0 Å². The average molecular weight is 221 g/mol. The summed E-state index contributed by atoms with van der Waals surface area (Å²) < 4.78 is 0. The van der Waals surface area contributed by atoms with Gasteiger partial charge in [-0.05, 0) is 31.9 Å². The van der Waals surface area contributed by atoms with E-state index in [9.17, 15) is 5.11 Å². The van der Waals surface area contributed by atoms with Crippen LogP contribution >= 0.6 is 0 Å². The number of pyridine rings is 1. The molecule has 2 atom stereocenters. The Hall–Kier alpha value is -1.29. The molecule has 0 aromatic carbocycles. The van der Waals surface area contributed by atoms with Crippen molar-refractivity contribution in [2.24, 2.45) is 5.92 Å². The molecule has 1 fully saturated rings. The fourth-order valence-corrected chi connectivity index (χ4v) is 2.27. The average Bonchev–Trinajstić information content (AvgIpc) is 2.30. The lowest BCUT2D eigenvalue weighted by Gasteiger charge is -2.35. The number of rotatable bonds is 2. The van der Waals surface area contributed by atoms with E-state index in [0.717, 1.165) is 31.7 Å². The maximum Gasteiger partial charge on any atom is 0.151 e. The predicted octanol–water partition coefficient (Wildman–Crippen LogP) is 1.26. The Labute approximate surface area is 96.1 Å². The molecule has 4 heteroatoms. The van der Waals surface area contributed by atoms with Crippen LogP contribution in [0.1, 0.15) is 19.8 Å². The number of aromatic nitrogens is 1. The topological polar surface area (TPSA) is 62.4 Å². The standard InChI is InChI=1S/C12H19N3O/c1-9(16)10-4-3-7-15(8-10)12-11(13)5-2-6-14-12/h2,5-6,9-10,16H,3-4,7-8,13H2,1H3. The van der Waals surface area contributed by atoms with Crippen LogP contribution in [-0.4, -0.2) is 29.3 Å². The highest BCUT2D eigenvalue weighted by atomic mass is 16.3. The Bertz CT molecular complexity index is 354. The Morgan fingerprint density at radius 2 is 2.44 bits per heavy atom. The van der Waals surface area contributed by atoms with Crippen molar-refractivity contribution >= 4 is 11.5 Å². The summed E-state index contributed by atoms with van der Waals surface area (Å²) in [6.07, 6.45) is 3.68. The summed E-state index contributed by atoms with van der Waals surface area (Å²) in [6, 6.07) is 3.71. The molecule has 1 aliphatic rings. The van der Waals surface area contributed by atoms with Crippen molar-refractivity contribution in [3.8, 4) is 0 Å². The number of nitrogens with two attached hydrogens (primary N) is 1. The van der Waals surface area contributed by atoms with E-state index in [1.54, 1.807) is 6.20 Å². The zero-order valence-corrected chi connectivity index (χ0v) is 9.63. The van der Waals surface area contributed by atoms with Crippen LogP contribution in [0.5, 0.6) is 0 Å². The molecule has 16 heavy (non-hydrogen) atoms. The van der Waals surface area contributed by atoms with E-state index in [-0.39, 0.29) is 6.10 Å². The molecule has 2 rings (SSSR count). The van der Waals surface area contributed by atoms with Gasteiger partial charge in [-0.25, -0.2) is 4.98 Å². The second-order valence-corrected chi connectivity index (χ2v) is 4.51. The maximum absolute atomic E-state index is 9.63.